The maximum Gasteiger partial charge on any atom is 0.318 e. The van der Waals surface area contributed by atoms with E-state index in [2.05, 4.69) is 34.2 Å². The molecule has 0 bridgehead atoms. The van der Waals surface area contributed by atoms with Gasteiger partial charge in [-0.1, -0.05) is 19.0 Å². The third-order valence-electron chi connectivity index (χ3n) is 5.28. The molecule has 2 amide bonds. The van der Waals surface area contributed by atoms with Gasteiger partial charge in [0.15, 0.2) is 5.82 Å². The number of urea groups is 1. The molecule has 1 aromatic rings. The maximum absolute atomic E-state index is 12.6. The van der Waals surface area contributed by atoms with Gasteiger partial charge in [-0.3, -0.25) is 4.90 Å². The molecule has 1 unspecified atom stereocenters. The lowest BCUT2D eigenvalue weighted by molar-refractivity contribution is 0.129. The van der Waals surface area contributed by atoms with Crippen molar-refractivity contribution in [2.24, 2.45) is 5.92 Å². The van der Waals surface area contributed by atoms with Crippen molar-refractivity contribution >= 4 is 6.03 Å². The molecule has 7 heteroatoms. The van der Waals surface area contributed by atoms with Gasteiger partial charge < -0.3 is 14.7 Å². The topological polar surface area (TPSA) is 74.5 Å². The largest absolute Gasteiger partial charge is 0.337 e. The minimum Gasteiger partial charge on any atom is -0.337 e. The van der Waals surface area contributed by atoms with Gasteiger partial charge >= 0.3 is 6.03 Å². The molecule has 0 radical (unpaired) electrons. The third kappa shape index (κ3) is 3.41. The summed E-state index contributed by atoms with van der Waals surface area (Å²) in [6, 6.07) is 0.534. The summed E-state index contributed by atoms with van der Waals surface area (Å²) in [5.41, 5.74) is 0. The Balaban J connectivity index is 1.36. The van der Waals surface area contributed by atoms with Crippen LogP contribution in [0, 0.1) is 5.92 Å². The number of hydrogen-bond acceptors (Lipinski definition) is 5. The predicted molar refractivity (Wildman–Crippen MR) is 88.6 cm³/mol. The summed E-state index contributed by atoms with van der Waals surface area (Å²) < 4.78 is 5.43. The van der Waals surface area contributed by atoms with Crippen LogP contribution in [0.2, 0.25) is 0 Å². The molecule has 2 aliphatic carbocycles. The van der Waals surface area contributed by atoms with Crippen molar-refractivity contribution in [3.05, 3.63) is 11.7 Å². The van der Waals surface area contributed by atoms with Crippen LogP contribution in [-0.4, -0.2) is 58.2 Å². The van der Waals surface area contributed by atoms with Crippen molar-refractivity contribution in [3.8, 4) is 0 Å². The van der Waals surface area contributed by atoms with Gasteiger partial charge in [0.2, 0.25) is 5.89 Å². The molecule has 1 atom stereocenters. The highest BCUT2D eigenvalue weighted by molar-refractivity contribution is 5.74. The molecule has 0 aromatic carbocycles. The van der Waals surface area contributed by atoms with Crippen molar-refractivity contribution < 1.29 is 9.32 Å². The van der Waals surface area contributed by atoms with Crippen molar-refractivity contribution in [2.45, 2.75) is 57.5 Å². The van der Waals surface area contributed by atoms with Crippen LogP contribution in [0.4, 0.5) is 4.79 Å². The summed E-state index contributed by atoms with van der Waals surface area (Å²) >= 11 is 0. The average Bonchev–Trinajstić information content (AvgIpc) is 3.50. The van der Waals surface area contributed by atoms with Crippen LogP contribution in [-0.2, 0) is 0 Å². The van der Waals surface area contributed by atoms with E-state index in [-0.39, 0.29) is 18.0 Å². The van der Waals surface area contributed by atoms with E-state index in [9.17, 15) is 4.79 Å². The fraction of sp³-hybridized carbons (Fsp3) is 0.824. The van der Waals surface area contributed by atoms with Gasteiger partial charge in [-0.05, 0) is 31.6 Å². The maximum atomic E-state index is 12.6. The van der Waals surface area contributed by atoms with E-state index in [4.69, 9.17) is 4.52 Å². The van der Waals surface area contributed by atoms with E-state index in [1.807, 2.05) is 4.90 Å². The zero-order chi connectivity index (χ0) is 16.7. The second kappa shape index (κ2) is 6.35. The molecule has 3 aliphatic rings. The van der Waals surface area contributed by atoms with Gasteiger partial charge in [0, 0.05) is 38.1 Å². The van der Waals surface area contributed by atoms with Crippen LogP contribution in [0.3, 0.4) is 0 Å². The van der Waals surface area contributed by atoms with Crippen molar-refractivity contribution in [3.63, 3.8) is 0 Å². The zero-order valence-electron chi connectivity index (χ0n) is 14.6. The highest BCUT2D eigenvalue weighted by atomic mass is 16.5. The Bertz CT molecular complexity index is 586. The molecule has 24 heavy (non-hydrogen) atoms. The predicted octanol–water partition coefficient (Wildman–Crippen LogP) is 2.13. The Labute approximate surface area is 142 Å². The molecule has 1 aliphatic heterocycles. The standard InChI is InChI=1S/C17H27N5O2/c1-11(2)14(16-19-15(20-24-16)12-3-4-12)18-17(23)22-9-7-21(8-10-22)13-5-6-13/h11-14H,3-10H2,1-2H3,(H,18,23). The second-order valence-electron chi connectivity index (χ2n) is 7.69. The summed E-state index contributed by atoms with van der Waals surface area (Å²) in [4.78, 5) is 21.6. The molecule has 132 valence electrons. The van der Waals surface area contributed by atoms with E-state index < -0.39 is 0 Å². The normalized spacial score (nSPS) is 23.5. The van der Waals surface area contributed by atoms with Crippen LogP contribution < -0.4 is 5.32 Å². The molecule has 1 aromatic heterocycles. The molecule has 2 saturated carbocycles. The molecule has 2 heterocycles. The number of aromatic nitrogens is 2. The zero-order valence-corrected chi connectivity index (χ0v) is 14.6. The van der Waals surface area contributed by atoms with Crippen LogP contribution in [0.1, 0.15) is 63.2 Å². The molecular weight excluding hydrogens is 306 g/mol. The fourth-order valence-electron chi connectivity index (χ4n) is 3.35. The molecule has 7 nitrogen and oxygen atoms in total. The van der Waals surface area contributed by atoms with Crippen molar-refractivity contribution in [1.29, 1.82) is 0 Å². The summed E-state index contributed by atoms with van der Waals surface area (Å²) in [5, 5.41) is 7.19. The number of carbonyl (C=O) groups is 1. The van der Waals surface area contributed by atoms with E-state index in [0.717, 1.165) is 50.9 Å². The van der Waals surface area contributed by atoms with E-state index >= 15 is 0 Å². The number of nitrogens with zero attached hydrogens (tertiary/aromatic N) is 4. The minimum atomic E-state index is -0.223. The monoisotopic (exact) mass is 333 g/mol. The second-order valence-corrected chi connectivity index (χ2v) is 7.69. The Morgan fingerprint density at radius 1 is 1.17 bits per heavy atom. The van der Waals surface area contributed by atoms with E-state index in [0.29, 0.717) is 11.8 Å². The van der Waals surface area contributed by atoms with Crippen molar-refractivity contribution in [1.82, 2.24) is 25.3 Å². The number of hydrogen-bond donors (Lipinski definition) is 1. The smallest absolute Gasteiger partial charge is 0.318 e. The molecule has 1 N–H and O–H groups in total. The Kier molecular flexibility index (Phi) is 4.20. The first-order valence-electron chi connectivity index (χ1n) is 9.25. The van der Waals surface area contributed by atoms with Crippen LogP contribution in [0.25, 0.3) is 0 Å². The first-order chi connectivity index (χ1) is 11.6. The highest BCUT2D eigenvalue weighted by Gasteiger charge is 2.34. The molecular formula is C17H27N5O2. The molecule has 4 rings (SSSR count). The van der Waals surface area contributed by atoms with Crippen molar-refractivity contribution in [2.75, 3.05) is 26.2 Å². The van der Waals surface area contributed by atoms with E-state index in [1.54, 1.807) is 0 Å². The third-order valence-corrected chi connectivity index (χ3v) is 5.28. The van der Waals surface area contributed by atoms with Gasteiger partial charge in [0.1, 0.15) is 6.04 Å². The summed E-state index contributed by atoms with van der Waals surface area (Å²) in [5.74, 6) is 2.00. The number of nitrogens with one attached hydrogen (secondary N) is 1. The number of piperazine rings is 1. The van der Waals surface area contributed by atoms with Gasteiger partial charge in [0.05, 0.1) is 0 Å². The fourth-order valence-corrected chi connectivity index (χ4v) is 3.35. The van der Waals surface area contributed by atoms with Gasteiger partial charge in [-0.25, -0.2) is 4.79 Å². The van der Waals surface area contributed by atoms with Crippen LogP contribution >= 0.6 is 0 Å². The molecule has 3 fully saturated rings. The quantitative estimate of drug-likeness (QED) is 0.893. The van der Waals surface area contributed by atoms with Gasteiger partial charge in [-0.15, -0.1) is 0 Å². The van der Waals surface area contributed by atoms with Crippen LogP contribution in [0.15, 0.2) is 4.52 Å². The average molecular weight is 333 g/mol. The molecule has 0 spiro atoms. The Morgan fingerprint density at radius 2 is 1.88 bits per heavy atom. The first kappa shape index (κ1) is 15.9. The summed E-state index contributed by atoms with van der Waals surface area (Å²) in [6.07, 6.45) is 4.93. The van der Waals surface area contributed by atoms with Crippen LogP contribution in [0.5, 0.6) is 0 Å². The number of carbonyl (C=O) groups excluding carboxylic acids is 1. The SMILES string of the molecule is CC(C)C(NC(=O)N1CCN(C2CC2)CC1)c1nc(C2CC2)no1. The summed E-state index contributed by atoms with van der Waals surface area (Å²) in [6.45, 7) is 7.69. The summed E-state index contributed by atoms with van der Waals surface area (Å²) in [7, 11) is 0. The molecule has 1 saturated heterocycles. The van der Waals surface area contributed by atoms with Gasteiger partial charge in [-0.2, -0.15) is 4.98 Å². The lowest BCUT2D eigenvalue weighted by atomic mass is 10.0. The van der Waals surface area contributed by atoms with Gasteiger partial charge in [0.25, 0.3) is 0 Å². The highest BCUT2D eigenvalue weighted by Crippen LogP contribution is 2.38. The Morgan fingerprint density at radius 3 is 2.46 bits per heavy atom. The van der Waals surface area contributed by atoms with E-state index in [1.165, 1.54) is 12.8 Å². The number of amides is 2. The first-order valence-corrected chi connectivity index (χ1v) is 9.25. The minimum absolute atomic E-state index is 0.0182. The lowest BCUT2D eigenvalue weighted by Gasteiger charge is -2.35. The Hall–Kier alpha value is -1.63. The number of rotatable bonds is 5. The lowest BCUT2D eigenvalue weighted by Crippen LogP contribution is -2.53.